The van der Waals surface area contributed by atoms with Gasteiger partial charge in [-0.05, 0) is 45.9 Å². The number of benzene rings is 1. The van der Waals surface area contributed by atoms with Gasteiger partial charge in [0.15, 0.2) is 11.6 Å². The van der Waals surface area contributed by atoms with Crippen LogP contribution in [0, 0.1) is 18.6 Å². The van der Waals surface area contributed by atoms with Gasteiger partial charge in [-0.2, -0.15) is 0 Å². The summed E-state index contributed by atoms with van der Waals surface area (Å²) in [4.78, 5) is 12.6. The summed E-state index contributed by atoms with van der Waals surface area (Å²) in [5, 5.41) is 16.3. The number of piperidine rings is 1. The van der Waals surface area contributed by atoms with E-state index in [9.17, 15) is 13.9 Å². The lowest BCUT2D eigenvalue weighted by molar-refractivity contribution is 0.128. The van der Waals surface area contributed by atoms with Gasteiger partial charge in [0.1, 0.15) is 17.0 Å². The molecule has 0 amide bonds. The first-order chi connectivity index (χ1) is 13.8. The summed E-state index contributed by atoms with van der Waals surface area (Å²) in [6.45, 7) is 7.00. The number of rotatable bonds is 4. The molecule has 9 heteroatoms. The molecule has 154 valence electrons. The third-order valence-corrected chi connectivity index (χ3v) is 5.22. The average Bonchev–Trinajstić information content (AvgIpc) is 3.02. The second-order valence-electron chi connectivity index (χ2n) is 7.65. The van der Waals surface area contributed by atoms with Gasteiger partial charge in [-0.25, -0.2) is 23.7 Å². The minimum Gasteiger partial charge on any atom is -0.390 e. The Morgan fingerprint density at radius 2 is 2.03 bits per heavy atom. The Kier molecular flexibility index (Phi) is 5.18. The van der Waals surface area contributed by atoms with Crippen LogP contribution in [0.25, 0.3) is 22.3 Å². The third-order valence-electron chi connectivity index (χ3n) is 5.22. The van der Waals surface area contributed by atoms with Crippen LogP contribution >= 0.6 is 0 Å². The van der Waals surface area contributed by atoms with E-state index in [0.717, 1.165) is 12.7 Å². The molecule has 3 aromatic rings. The van der Waals surface area contributed by atoms with E-state index in [2.05, 4.69) is 25.6 Å². The fourth-order valence-corrected chi connectivity index (χ4v) is 3.87. The Hall–Kier alpha value is -2.65. The molecule has 1 aliphatic rings. The van der Waals surface area contributed by atoms with E-state index >= 15 is 0 Å². The zero-order chi connectivity index (χ0) is 20.7. The SMILES string of the molecule is Cc1nc2c(F)cc(-c3nc(NC4CCNC[C@H]4O)ncc3F)cc2n1C(C)C. The summed E-state index contributed by atoms with van der Waals surface area (Å²) >= 11 is 0. The molecule has 0 saturated carbocycles. The maximum atomic E-state index is 14.7. The molecule has 7 nitrogen and oxygen atoms in total. The lowest BCUT2D eigenvalue weighted by atomic mass is 10.0. The molecule has 0 aliphatic carbocycles. The van der Waals surface area contributed by atoms with Crippen molar-refractivity contribution in [1.82, 2.24) is 24.8 Å². The molecule has 4 rings (SSSR count). The molecule has 1 aliphatic heterocycles. The van der Waals surface area contributed by atoms with Crippen molar-refractivity contribution in [2.24, 2.45) is 0 Å². The van der Waals surface area contributed by atoms with Crippen LogP contribution in [0.5, 0.6) is 0 Å². The van der Waals surface area contributed by atoms with Gasteiger partial charge in [0.25, 0.3) is 0 Å². The highest BCUT2D eigenvalue weighted by molar-refractivity contribution is 5.83. The van der Waals surface area contributed by atoms with Crippen LogP contribution in [0.4, 0.5) is 14.7 Å². The van der Waals surface area contributed by atoms with E-state index < -0.39 is 17.7 Å². The molecule has 3 N–H and O–H groups in total. The summed E-state index contributed by atoms with van der Waals surface area (Å²) < 4.78 is 31.2. The van der Waals surface area contributed by atoms with Crippen molar-refractivity contribution in [1.29, 1.82) is 0 Å². The highest BCUT2D eigenvalue weighted by Crippen LogP contribution is 2.30. The van der Waals surface area contributed by atoms with Crippen molar-refractivity contribution in [3.05, 3.63) is 35.8 Å². The molecule has 1 saturated heterocycles. The summed E-state index contributed by atoms with van der Waals surface area (Å²) in [6, 6.07) is 2.78. The van der Waals surface area contributed by atoms with Crippen LogP contribution in [0.15, 0.2) is 18.3 Å². The third kappa shape index (κ3) is 3.67. The number of aryl methyl sites for hydroxylation is 1. The van der Waals surface area contributed by atoms with Gasteiger partial charge in [-0.15, -0.1) is 0 Å². The predicted octanol–water partition coefficient (Wildman–Crippen LogP) is 2.80. The number of nitrogens with zero attached hydrogens (tertiary/aromatic N) is 4. The molecular formula is C20H24F2N6O. The quantitative estimate of drug-likeness (QED) is 0.622. The predicted molar refractivity (Wildman–Crippen MR) is 107 cm³/mol. The van der Waals surface area contributed by atoms with Gasteiger partial charge < -0.3 is 20.3 Å². The Labute approximate surface area is 167 Å². The van der Waals surface area contributed by atoms with Crippen LogP contribution in [-0.2, 0) is 0 Å². The second kappa shape index (κ2) is 7.64. The Morgan fingerprint density at radius 3 is 2.76 bits per heavy atom. The highest BCUT2D eigenvalue weighted by atomic mass is 19.1. The molecule has 29 heavy (non-hydrogen) atoms. The van der Waals surface area contributed by atoms with Crippen molar-refractivity contribution in [2.45, 2.75) is 45.4 Å². The number of fused-ring (bicyclic) bond motifs is 1. The molecule has 1 aromatic carbocycles. The molecule has 2 atom stereocenters. The van der Waals surface area contributed by atoms with Gasteiger partial charge in [0.2, 0.25) is 5.95 Å². The summed E-state index contributed by atoms with van der Waals surface area (Å²) in [5.74, 6) is -0.286. The molecule has 0 spiro atoms. The van der Waals surface area contributed by atoms with Gasteiger partial charge >= 0.3 is 0 Å². The lowest BCUT2D eigenvalue weighted by Gasteiger charge is -2.29. The van der Waals surface area contributed by atoms with Crippen molar-refractivity contribution in [2.75, 3.05) is 18.4 Å². The zero-order valence-electron chi connectivity index (χ0n) is 16.6. The van der Waals surface area contributed by atoms with E-state index in [0.29, 0.717) is 29.9 Å². The first kappa shape index (κ1) is 19.7. The highest BCUT2D eigenvalue weighted by Gasteiger charge is 2.24. The Morgan fingerprint density at radius 1 is 1.24 bits per heavy atom. The molecule has 2 aromatic heterocycles. The Bertz CT molecular complexity index is 1050. The average molecular weight is 402 g/mol. The van der Waals surface area contributed by atoms with Crippen LogP contribution < -0.4 is 10.6 Å². The number of nitrogens with one attached hydrogen (secondary N) is 2. The van der Waals surface area contributed by atoms with Crippen molar-refractivity contribution in [3.63, 3.8) is 0 Å². The van der Waals surface area contributed by atoms with Crippen LogP contribution in [0.1, 0.15) is 32.1 Å². The smallest absolute Gasteiger partial charge is 0.223 e. The zero-order valence-corrected chi connectivity index (χ0v) is 16.6. The first-order valence-electron chi connectivity index (χ1n) is 9.71. The maximum absolute atomic E-state index is 14.7. The number of β-amino-alcohol motifs (C(OH)–C–C–N with tert-alkyl or cyclic N) is 1. The summed E-state index contributed by atoms with van der Waals surface area (Å²) in [6.07, 6.45) is 1.15. The molecule has 1 unspecified atom stereocenters. The van der Waals surface area contributed by atoms with E-state index in [1.165, 1.54) is 6.07 Å². The van der Waals surface area contributed by atoms with Crippen molar-refractivity contribution >= 4 is 17.0 Å². The number of aliphatic hydroxyl groups excluding tert-OH is 1. The largest absolute Gasteiger partial charge is 0.390 e. The molecule has 3 heterocycles. The normalized spacial score (nSPS) is 19.8. The first-order valence-corrected chi connectivity index (χ1v) is 9.71. The van der Waals surface area contributed by atoms with Crippen LogP contribution in [-0.4, -0.2) is 49.9 Å². The summed E-state index contributed by atoms with van der Waals surface area (Å²) in [5.41, 5.74) is 1.16. The lowest BCUT2D eigenvalue weighted by Crippen LogP contribution is -2.47. The molecule has 0 radical (unpaired) electrons. The number of anilines is 1. The van der Waals surface area contributed by atoms with Gasteiger partial charge in [0.05, 0.1) is 23.9 Å². The molecule has 1 fully saturated rings. The van der Waals surface area contributed by atoms with Crippen molar-refractivity contribution < 1.29 is 13.9 Å². The minimum absolute atomic E-state index is 0.000818. The monoisotopic (exact) mass is 402 g/mol. The fraction of sp³-hybridized carbons (Fsp3) is 0.450. The van der Waals surface area contributed by atoms with E-state index in [1.807, 2.05) is 25.3 Å². The van der Waals surface area contributed by atoms with Gasteiger partial charge in [-0.1, -0.05) is 0 Å². The van der Waals surface area contributed by atoms with Crippen LogP contribution in [0.2, 0.25) is 0 Å². The number of hydrogen-bond acceptors (Lipinski definition) is 6. The standard InChI is InChI=1S/C20H24F2N6O/c1-10(2)28-11(3)25-19-13(21)6-12(7-16(19)28)18-14(22)8-24-20(27-18)26-15-4-5-23-9-17(15)29/h6-8,10,15,17,23,29H,4-5,9H2,1-3H3,(H,24,26,27)/t15?,17-/m1/s1. The van der Waals surface area contributed by atoms with Gasteiger partial charge in [0, 0.05) is 18.2 Å². The van der Waals surface area contributed by atoms with Crippen molar-refractivity contribution in [3.8, 4) is 11.3 Å². The van der Waals surface area contributed by atoms with Gasteiger partial charge in [-0.3, -0.25) is 0 Å². The second-order valence-corrected chi connectivity index (χ2v) is 7.65. The minimum atomic E-state index is -0.646. The molecular weight excluding hydrogens is 378 g/mol. The molecule has 0 bridgehead atoms. The van der Waals surface area contributed by atoms with E-state index in [1.54, 1.807) is 6.07 Å². The van der Waals surface area contributed by atoms with Crippen LogP contribution in [0.3, 0.4) is 0 Å². The number of halogens is 2. The fourth-order valence-electron chi connectivity index (χ4n) is 3.87. The Balaban J connectivity index is 1.76. The number of imidazole rings is 1. The topological polar surface area (TPSA) is 87.9 Å². The van der Waals surface area contributed by atoms with E-state index in [4.69, 9.17) is 0 Å². The summed E-state index contributed by atoms with van der Waals surface area (Å²) in [7, 11) is 0. The number of hydrogen-bond donors (Lipinski definition) is 3. The number of aromatic nitrogens is 4. The number of aliphatic hydroxyl groups is 1. The maximum Gasteiger partial charge on any atom is 0.223 e. The van der Waals surface area contributed by atoms with E-state index in [-0.39, 0.29) is 29.2 Å².